The quantitative estimate of drug-likeness (QED) is 0.675. The second-order valence-corrected chi connectivity index (χ2v) is 3.99. The monoisotopic (exact) mass is 240 g/mol. The molecular weight excluding hydrogens is 224 g/mol. The van der Waals surface area contributed by atoms with Gasteiger partial charge < -0.3 is 20.1 Å². The maximum absolute atomic E-state index is 11.7. The van der Waals surface area contributed by atoms with E-state index in [2.05, 4.69) is 11.2 Å². The van der Waals surface area contributed by atoms with E-state index in [9.17, 15) is 14.7 Å². The first kappa shape index (κ1) is 13.3. The van der Waals surface area contributed by atoms with E-state index in [0.717, 1.165) is 0 Å². The second kappa shape index (κ2) is 5.55. The normalized spacial score (nSPS) is 17.9. The zero-order valence-electron chi connectivity index (χ0n) is 9.73. The SMILES string of the molecule is C#CCN(C)C(=O)NC1(C(=O)O)CCOCC1. The summed E-state index contributed by atoms with van der Waals surface area (Å²) in [6.45, 7) is 0.787. The minimum atomic E-state index is -1.24. The molecule has 1 heterocycles. The smallest absolute Gasteiger partial charge is 0.329 e. The van der Waals surface area contributed by atoms with Gasteiger partial charge in [0.2, 0.25) is 0 Å². The van der Waals surface area contributed by atoms with Crippen molar-refractivity contribution >= 4 is 12.0 Å². The third-order valence-electron chi connectivity index (χ3n) is 2.78. The molecule has 0 aromatic rings. The average Bonchev–Trinajstić information content (AvgIpc) is 2.30. The lowest BCUT2D eigenvalue weighted by Crippen LogP contribution is -2.59. The Labute approximate surface area is 99.9 Å². The molecule has 0 radical (unpaired) electrons. The molecule has 0 unspecified atom stereocenters. The predicted molar refractivity (Wildman–Crippen MR) is 60.4 cm³/mol. The first-order valence-corrected chi connectivity index (χ1v) is 5.30. The Balaban J connectivity index is 2.70. The van der Waals surface area contributed by atoms with Crippen LogP contribution in [-0.4, -0.2) is 54.4 Å². The Morgan fingerprint density at radius 3 is 2.59 bits per heavy atom. The fourth-order valence-electron chi connectivity index (χ4n) is 1.62. The lowest BCUT2D eigenvalue weighted by molar-refractivity contribution is -0.148. The first-order valence-electron chi connectivity index (χ1n) is 5.30. The van der Waals surface area contributed by atoms with E-state index in [1.165, 1.54) is 11.9 Å². The summed E-state index contributed by atoms with van der Waals surface area (Å²) in [7, 11) is 1.52. The highest BCUT2D eigenvalue weighted by atomic mass is 16.5. The van der Waals surface area contributed by atoms with E-state index in [4.69, 9.17) is 11.2 Å². The minimum Gasteiger partial charge on any atom is -0.480 e. The van der Waals surface area contributed by atoms with Crippen molar-refractivity contribution in [1.82, 2.24) is 10.2 Å². The Hall–Kier alpha value is -1.74. The third kappa shape index (κ3) is 3.11. The maximum Gasteiger partial charge on any atom is 0.329 e. The number of carbonyl (C=O) groups excluding carboxylic acids is 1. The number of carboxylic acids is 1. The van der Waals surface area contributed by atoms with Crippen LogP contribution < -0.4 is 5.32 Å². The van der Waals surface area contributed by atoms with Crippen molar-refractivity contribution in [3.8, 4) is 12.3 Å². The van der Waals surface area contributed by atoms with E-state index in [-0.39, 0.29) is 19.4 Å². The van der Waals surface area contributed by atoms with Crippen LogP contribution in [0, 0.1) is 12.3 Å². The fraction of sp³-hybridized carbons (Fsp3) is 0.636. The molecule has 0 bridgehead atoms. The number of carboxylic acid groups (broad SMARTS) is 1. The summed E-state index contributed by atoms with van der Waals surface area (Å²) in [5.41, 5.74) is -1.24. The summed E-state index contributed by atoms with van der Waals surface area (Å²) < 4.78 is 5.10. The predicted octanol–water partition coefficient (Wildman–Crippen LogP) is -0.105. The highest BCUT2D eigenvalue weighted by Gasteiger charge is 2.42. The number of nitrogens with zero attached hydrogens (tertiary/aromatic N) is 1. The number of urea groups is 1. The molecule has 2 N–H and O–H groups in total. The van der Waals surface area contributed by atoms with Gasteiger partial charge in [-0.2, -0.15) is 0 Å². The van der Waals surface area contributed by atoms with Crippen LogP contribution in [0.25, 0.3) is 0 Å². The van der Waals surface area contributed by atoms with E-state index in [0.29, 0.717) is 13.2 Å². The van der Waals surface area contributed by atoms with Crippen LogP contribution in [0.3, 0.4) is 0 Å². The largest absolute Gasteiger partial charge is 0.480 e. The number of terminal acetylenes is 1. The van der Waals surface area contributed by atoms with Crippen LogP contribution in [0.1, 0.15) is 12.8 Å². The molecular formula is C11H16N2O4. The van der Waals surface area contributed by atoms with E-state index >= 15 is 0 Å². The van der Waals surface area contributed by atoms with Gasteiger partial charge in [0.25, 0.3) is 0 Å². The van der Waals surface area contributed by atoms with Gasteiger partial charge in [-0.05, 0) is 0 Å². The highest BCUT2D eigenvalue weighted by Crippen LogP contribution is 2.21. The van der Waals surface area contributed by atoms with Gasteiger partial charge in [0.15, 0.2) is 0 Å². The lowest BCUT2D eigenvalue weighted by atomic mass is 9.90. The summed E-state index contributed by atoms with van der Waals surface area (Å²) in [5.74, 6) is 1.28. The Morgan fingerprint density at radius 1 is 1.53 bits per heavy atom. The van der Waals surface area contributed by atoms with Crippen molar-refractivity contribution < 1.29 is 19.4 Å². The minimum absolute atomic E-state index is 0.137. The Kier molecular flexibility index (Phi) is 4.35. The number of amides is 2. The number of hydrogen-bond acceptors (Lipinski definition) is 3. The number of aliphatic carboxylic acids is 1. The summed E-state index contributed by atoms with van der Waals surface area (Å²) in [6, 6.07) is -0.479. The molecule has 1 rings (SSSR count). The first-order chi connectivity index (χ1) is 8.02. The molecule has 0 saturated carbocycles. The molecule has 0 aromatic carbocycles. The standard InChI is InChI=1S/C11H16N2O4/c1-3-6-13(2)10(16)12-11(9(14)15)4-7-17-8-5-11/h1H,4-8H2,2H3,(H,12,16)(H,14,15). The Morgan fingerprint density at radius 2 is 2.12 bits per heavy atom. The lowest BCUT2D eigenvalue weighted by Gasteiger charge is -2.34. The van der Waals surface area contributed by atoms with Crippen molar-refractivity contribution in [1.29, 1.82) is 0 Å². The number of nitrogens with one attached hydrogen (secondary N) is 1. The highest BCUT2D eigenvalue weighted by molar-refractivity contribution is 5.86. The molecule has 0 atom stereocenters. The van der Waals surface area contributed by atoms with Crippen LogP contribution >= 0.6 is 0 Å². The van der Waals surface area contributed by atoms with E-state index < -0.39 is 17.5 Å². The van der Waals surface area contributed by atoms with Crippen molar-refractivity contribution in [3.63, 3.8) is 0 Å². The number of rotatable bonds is 3. The topological polar surface area (TPSA) is 78.9 Å². The molecule has 0 aromatic heterocycles. The van der Waals surface area contributed by atoms with Gasteiger partial charge in [0.1, 0.15) is 5.54 Å². The molecule has 17 heavy (non-hydrogen) atoms. The number of carbonyl (C=O) groups is 2. The van der Waals surface area contributed by atoms with Gasteiger partial charge in [0, 0.05) is 33.1 Å². The summed E-state index contributed by atoms with van der Waals surface area (Å²) in [6.07, 6.45) is 5.61. The number of hydrogen-bond donors (Lipinski definition) is 2. The van der Waals surface area contributed by atoms with Gasteiger partial charge in [0.05, 0.1) is 6.54 Å². The summed E-state index contributed by atoms with van der Waals surface area (Å²) >= 11 is 0. The molecule has 1 fully saturated rings. The zero-order chi connectivity index (χ0) is 12.9. The Bertz CT molecular complexity index is 342. The van der Waals surface area contributed by atoms with Crippen LogP contribution in [0.2, 0.25) is 0 Å². The van der Waals surface area contributed by atoms with Gasteiger partial charge in [-0.25, -0.2) is 9.59 Å². The van der Waals surface area contributed by atoms with E-state index in [1.807, 2.05) is 0 Å². The van der Waals surface area contributed by atoms with Gasteiger partial charge >= 0.3 is 12.0 Å². The molecule has 94 valence electrons. The van der Waals surface area contributed by atoms with Crippen molar-refractivity contribution in [3.05, 3.63) is 0 Å². The molecule has 1 aliphatic rings. The third-order valence-corrected chi connectivity index (χ3v) is 2.78. The van der Waals surface area contributed by atoms with Gasteiger partial charge in [-0.1, -0.05) is 5.92 Å². The molecule has 2 amide bonds. The van der Waals surface area contributed by atoms with Crippen molar-refractivity contribution in [2.75, 3.05) is 26.8 Å². The van der Waals surface area contributed by atoms with Crippen LogP contribution in [0.5, 0.6) is 0 Å². The average molecular weight is 240 g/mol. The van der Waals surface area contributed by atoms with Crippen LogP contribution in [-0.2, 0) is 9.53 Å². The molecule has 1 aliphatic heterocycles. The molecule has 6 nitrogen and oxygen atoms in total. The molecule has 1 saturated heterocycles. The van der Waals surface area contributed by atoms with E-state index in [1.54, 1.807) is 0 Å². The molecule has 6 heteroatoms. The van der Waals surface area contributed by atoms with Crippen molar-refractivity contribution in [2.45, 2.75) is 18.4 Å². The summed E-state index contributed by atoms with van der Waals surface area (Å²) in [5, 5.41) is 11.7. The zero-order valence-corrected chi connectivity index (χ0v) is 9.73. The molecule has 0 spiro atoms. The number of ether oxygens (including phenoxy) is 1. The fourth-order valence-corrected chi connectivity index (χ4v) is 1.62. The van der Waals surface area contributed by atoms with Crippen molar-refractivity contribution in [2.24, 2.45) is 0 Å². The molecule has 0 aliphatic carbocycles. The maximum atomic E-state index is 11.7. The van der Waals surface area contributed by atoms with Crippen LogP contribution in [0.15, 0.2) is 0 Å². The van der Waals surface area contributed by atoms with Gasteiger partial charge in [-0.15, -0.1) is 6.42 Å². The second-order valence-electron chi connectivity index (χ2n) is 3.99. The van der Waals surface area contributed by atoms with Gasteiger partial charge in [-0.3, -0.25) is 0 Å². The van der Waals surface area contributed by atoms with Crippen LogP contribution in [0.4, 0.5) is 4.79 Å². The summed E-state index contributed by atoms with van der Waals surface area (Å²) in [4.78, 5) is 24.3.